The van der Waals surface area contributed by atoms with E-state index in [0.717, 1.165) is 65.9 Å². The fourth-order valence-corrected chi connectivity index (χ4v) is 5.21. The van der Waals surface area contributed by atoms with Gasteiger partial charge in [-0.15, -0.1) is 0 Å². The van der Waals surface area contributed by atoms with Crippen LogP contribution < -0.4 is 15.1 Å². The van der Waals surface area contributed by atoms with Crippen molar-refractivity contribution in [2.24, 2.45) is 0 Å². The molecule has 6 nitrogen and oxygen atoms in total. The molecule has 176 valence electrons. The SMILES string of the molecule is CN1CCN(c2ccc3c(c2)N(C(=O)Nc2ccc(-c4ccncc4)c4ccccc24)CC3)CC1. The number of urea groups is 1. The van der Waals surface area contributed by atoms with Crippen LogP contribution in [0.25, 0.3) is 21.9 Å². The highest BCUT2D eigenvalue weighted by Crippen LogP contribution is 2.35. The number of likely N-dealkylation sites (N-methyl/N-ethyl adjacent to an activating group) is 1. The zero-order valence-electron chi connectivity index (χ0n) is 19.9. The quantitative estimate of drug-likeness (QED) is 0.451. The van der Waals surface area contributed by atoms with Gasteiger partial charge in [-0.2, -0.15) is 0 Å². The van der Waals surface area contributed by atoms with Crippen molar-refractivity contribution in [3.8, 4) is 11.1 Å². The number of nitrogens with one attached hydrogen (secondary N) is 1. The minimum absolute atomic E-state index is 0.0823. The summed E-state index contributed by atoms with van der Waals surface area (Å²) < 4.78 is 0. The summed E-state index contributed by atoms with van der Waals surface area (Å²) >= 11 is 0. The number of pyridine rings is 1. The molecule has 35 heavy (non-hydrogen) atoms. The largest absolute Gasteiger partial charge is 0.369 e. The van der Waals surface area contributed by atoms with Crippen LogP contribution >= 0.6 is 0 Å². The van der Waals surface area contributed by atoms with E-state index in [9.17, 15) is 4.79 Å². The second-order valence-electron chi connectivity index (χ2n) is 9.38. The van der Waals surface area contributed by atoms with Crippen molar-refractivity contribution in [2.45, 2.75) is 6.42 Å². The van der Waals surface area contributed by atoms with Gasteiger partial charge in [0.05, 0.1) is 11.4 Å². The van der Waals surface area contributed by atoms with Crippen molar-refractivity contribution >= 4 is 33.9 Å². The molecule has 2 amide bonds. The molecule has 1 fully saturated rings. The molecule has 6 heteroatoms. The van der Waals surface area contributed by atoms with Gasteiger partial charge in [0.25, 0.3) is 0 Å². The molecule has 0 radical (unpaired) electrons. The number of carbonyl (C=O) groups excluding carboxylic acids is 1. The molecule has 0 saturated carbocycles. The van der Waals surface area contributed by atoms with Crippen molar-refractivity contribution in [3.63, 3.8) is 0 Å². The van der Waals surface area contributed by atoms with Crippen molar-refractivity contribution in [2.75, 3.05) is 54.9 Å². The number of carbonyl (C=O) groups is 1. The monoisotopic (exact) mass is 463 g/mol. The Hall–Kier alpha value is -3.90. The molecule has 0 bridgehead atoms. The number of nitrogens with zero attached hydrogens (tertiary/aromatic N) is 4. The zero-order chi connectivity index (χ0) is 23.8. The summed E-state index contributed by atoms with van der Waals surface area (Å²) in [5, 5.41) is 5.34. The molecule has 1 N–H and O–H groups in total. The number of hydrogen-bond acceptors (Lipinski definition) is 4. The number of anilines is 3. The van der Waals surface area contributed by atoms with E-state index in [1.807, 2.05) is 35.2 Å². The maximum Gasteiger partial charge on any atom is 0.326 e. The number of amides is 2. The Morgan fingerprint density at radius 2 is 1.63 bits per heavy atom. The first kappa shape index (κ1) is 21.6. The van der Waals surface area contributed by atoms with Crippen LogP contribution in [0.3, 0.4) is 0 Å². The van der Waals surface area contributed by atoms with Gasteiger partial charge in [0, 0.05) is 56.2 Å². The van der Waals surface area contributed by atoms with Crippen LogP contribution in [0.15, 0.2) is 79.1 Å². The molecule has 6 rings (SSSR count). The first-order chi connectivity index (χ1) is 17.2. The molecular weight excluding hydrogens is 434 g/mol. The Bertz CT molecular complexity index is 1380. The summed E-state index contributed by atoms with van der Waals surface area (Å²) in [6.45, 7) is 4.84. The molecule has 1 aromatic heterocycles. The minimum Gasteiger partial charge on any atom is -0.369 e. The minimum atomic E-state index is -0.0823. The van der Waals surface area contributed by atoms with Gasteiger partial charge in [0.2, 0.25) is 0 Å². The lowest BCUT2D eigenvalue weighted by atomic mass is 9.98. The first-order valence-electron chi connectivity index (χ1n) is 12.2. The van der Waals surface area contributed by atoms with Crippen LogP contribution in [0.5, 0.6) is 0 Å². The third-order valence-corrected chi connectivity index (χ3v) is 7.24. The number of fused-ring (bicyclic) bond motifs is 2. The van der Waals surface area contributed by atoms with Crippen LogP contribution in [-0.2, 0) is 6.42 Å². The van der Waals surface area contributed by atoms with E-state index >= 15 is 0 Å². The molecular formula is C29H29N5O. The predicted octanol–water partition coefficient (Wildman–Crippen LogP) is 5.25. The highest BCUT2D eigenvalue weighted by atomic mass is 16.2. The fourth-order valence-electron chi connectivity index (χ4n) is 5.21. The van der Waals surface area contributed by atoms with Gasteiger partial charge in [0.1, 0.15) is 0 Å². The van der Waals surface area contributed by atoms with Crippen LogP contribution in [0, 0.1) is 0 Å². The van der Waals surface area contributed by atoms with Crippen molar-refractivity contribution in [1.82, 2.24) is 9.88 Å². The van der Waals surface area contributed by atoms with Crippen LogP contribution in [-0.4, -0.2) is 55.7 Å². The number of aromatic nitrogens is 1. The molecule has 3 heterocycles. The van der Waals surface area contributed by atoms with Crippen molar-refractivity contribution < 1.29 is 4.79 Å². The van der Waals surface area contributed by atoms with E-state index < -0.39 is 0 Å². The predicted molar refractivity (Wildman–Crippen MR) is 143 cm³/mol. The lowest BCUT2D eigenvalue weighted by molar-refractivity contribution is 0.257. The molecule has 0 atom stereocenters. The summed E-state index contributed by atoms with van der Waals surface area (Å²) in [6, 6.07) is 22.8. The Balaban J connectivity index is 1.28. The number of rotatable bonds is 3. The summed E-state index contributed by atoms with van der Waals surface area (Å²) in [6.07, 6.45) is 4.50. The lowest BCUT2D eigenvalue weighted by Gasteiger charge is -2.34. The van der Waals surface area contributed by atoms with Gasteiger partial charge in [-0.3, -0.25) is 9.88 Å². The highest BCUT2D eigenvalue weighted by molar-refractivity contribution is 6.11. The van der Waals surface area contributed by atoms with E-state index in [-0.39, 0.29) is 6.03 Å². The average molecular weight is 464 g/mol. The smallest absolute Gasteiger partial charge is 0.326 e. The van der Waals surface area contributed by atoms with Gasteiger partial charge in [-0.25, -0.2) is 4.79 Å². The van der Waals surface area contributed by atoms with Crippen molar-refractivity contribution in [1.29, 1.82) is 0 Å². The number of hydrogen-bond donors (Lipinski definition) is 1. The molecule has 0 spiro atoms. The standard InChI is InChI=1S/C29H29N5O/c1-32-16-18-33(19-17-32)23-7-6-22-12-15-34(28(22)20-23)29(35)31-27-9-8-24(21-10-13-30-14-11-21)25-4-2-3-5-26(25)27/h2-11,13-14,20H,12,15-19H2,1H3,(H,31,35). The highest BCUT2D eigenvalue weighted by Gasteiger charge is 2.27. The molecule has 0 aliphatic carbocycles. The van der Waals surface area contributed by atoms with Gasteiger partial charge in [0.15, 0.2) is 0 Å². The Kier molecular flexibility index (Phi) is 5.58. The lowest BCUT2D eigenvalue weighted by Crippen LogP contribution is -2.44. The Morgan fingerprint density at radius 1 is 0.857 bits per heavy atom. The van der Waals surface area contributed by atoms with Gasteiger partial charge in [-0.05, 0) is 65.9 Å². The van der Waals surface area contributed by atoms with Crippen molar-refractivity contribution in [3.05, 3.63) is 84.7 Å². The maximum atomic E-state index is 13.5. The normalized spacial score (nSPS) is 15.9. The van der Waals surface area contributed by atoms with Gasteiger partial charge < -0.3 is 15.1 Å². The van der Waals surface area contributed by atoms with E-state index in [1.54, 1.807) is 12.4 Å². The van der Waals surface area contributed by atoms with Crippen LogP contribution in [0.2, 0.25) is 0 Å². The molecule has 0 unspecified atom stereocenters. The van der Waals surface area contributed by atoms with E-state index in [1.165, 1.54) is 11.3 Å². The number of benzene rings is 3. The maximum absolute atomic E-state index is 13.5. The first-order valence-corrected chi connectivity index (χ1v) is 12.2. The summed E-state index contributed by atoms with van der Waals surface area (Å²) in [4.78, 5) is 24.3. The molecule has 2 aliphatic rings. The molecule has 2 aliphatic heterocycles. The van der Waals surface area contributed by atoms with E-state index in [4.69, 9.17) is 0 Å². The second-order valence-corrected chi connectivity index (χ2v) is 9.38. The third-order valence-electron chi connectivity index (χ3n) is 7.24. The summed E-state index contributed by atoms with van der Waals surface area (Å²) in [7, 11) is 2.17. The van der Waals surface area contributed by atoms with E-state index in [2.05, 4.69) is 63.5 Å². The van der Waals surface area contributed by atoms with Crippen LogP contribution in [0.1, 0.15) is 5.56 Å². The average Bonchev–Trinajstić information content (AvgIpc) is 3.33. The zero-order valence-corrected chi connectivity index (χ0v) is 19.9. The van der Waals surface area contributed by atoms with Gasteiger partial charge in [-0.1, -0.05) is 36.4 Å². The summed E-state index contributed by atoms with van der Waals surface area (Å²) in [5.74, 6) is 0. The van der Waals surface area contributed by atoms with Crippen LogP contribution in [0.4, 0.5) is 21.9 Å². The second kappa shape index (κ2) is 9.04. The molecule has 3 aromatic carbocycles. The molecule has 4 aromatic rings. The number of piperazine rings is 1. The Labute approximate surface area is 205 Å². The Morgan fingerprint density at radius 3 is 2.43 bits per heavy atom. The van der Waals surface area contributed by atoms with E-state index in [0.29, 0.717) is 6.54 Å². The molecule has 1 saturated heterocycles. The third kappa shape index (κ3) is 4.10. The van der Waals surface area contributed by atoms with Gasteiger partial charge >= 0.3 is 6.03 Å². The topological polar surface area (TPSA) is 51.7 Å². The fraction of sp³-hybridized carbons (Fsp3) is 0.241. The summed E-state index contributed by atoms with van der Waals surface area (Å²) in [5.41, 5.74) is 6.52.